The van der Waals surface area contributed by atoms with Crippen molar-refractivity contribution in [2.24, 2.45) is 0 Å². The van der Waals surface area contributed by atoms with Crippen LogP contribution in [0.4, 0.5) is 14.5 Å². The molecule has 0 bridgehead atoms. The lowest BCUT2D eigenvalue weighted by Gasteiger charge is -2.38. The summed E-state index contributed by atoms with van der Waals surface area (Å²) in [4.78, 5) is 6.45. The van der Waals surface area contributed by atoms with E-state index in [1.54, 1.807) is 12.3 Å². The number of pyridine rings is 1. The number of nitrogens with zero attached hydrogens (tertiary/aromatic N) is 5. The molecule has 2 atom stereocenters. The summed E-state index contributed by atoms with van der Waals surface area (Å²) in [5.41, 5.74) is 0.827. The van der Waals surface area contributed by atoms with E-state index in [1.165, 1.54) is 10.6 Å². The van der Waals surface area contributed by atoms with Crippen LogP contribution in [0.2, 0.25) is 0 Å². The molecule has 178 valence electrons. The van der Waals surface area contributed by atoms with E-state index in [0.29, 0.717) is 24.3 Å². The largest absolute Gasteiger partial charge is 0.412 e. The Hall–Kier alpha value is -2.64. The highest BCUT2D eigenvalue weighted by atomic mass is 32.2. The molecule has 1 aliphatic carbocycles. The molecule has 2 fully saturated rings. The van der Waals surface area contributed by atoms with Crippen molar-refractivity contribution < 1.29 is 21.6 Å². The Kier molecular flexibility index (Phi) is 5.18. The van der Waals surface area contributed by atoms with E-state index in [-0.39, 0.29) is 28.7 Å². The predicted octanol–water partition coefficient (Wildman–Crippen LogP) is 2.34. The third-order valence-electron chi connectivity index (χ3n) is 6.00. The van der Waals surface area contributed by atoms with Crippen molar-refractivity contribution in [1.82, 2.24) is 29.6 Å². The second kappa shape index (κ2) is 7.71. The molecule has 1 aliphatic heterocycles. The van der Waals surface area contributed by atoms with Crippen LogP contribution in [0, 0.1) is 0 Å². The first-order valence-corrected chi connectivity index (χ1v) is 12.2. The van der Waals surface area contributed by atoms with Gasteiger partial charge in [-0.05, 0) is 39.7 Å². The number of alkyl halides is 2. The average molecular weight is 482 g/mol. The van der Waals surface area contributed by atoms with Gasteiger partial charge in [-0.1, -0.05) is 0 Å². The van der Waals surface area contributed by atoms with E-state index in [4.69, 9.17) is 4.42 Å². The summed E-state index contributed by atoms with van der Waals surface area (Å²) in [6, 6.07) is 2.01. The molecule has 2 N–H and O–H groups in total. The number of piperazine rings is 1. The Morgan fingerprint density at radius 3 is 2.55 bits per heavy atom. The van der Waals surface area contributed by atoms with Gasteiger partial charge in [-0.15, -0.1) is 10.2 Å². The maximum atomic E-state index is 13.2. The third-order valence-corrected chi connectivity index (χ3v) is 7.61. The summed E-state index contributed by atoms with van der Waals surface area (Å²) in [7, 11) is -3.85. The highest BCUT2D eigenvalue weighted by molar-refractivity contribution is 7.89. The summed E-state index contributed by atoms with van der Waals surface area (Å²) in [5, 5.41) is 10.5. The monoisotopic (exact) mass is 481 g/mol. The van der Waals surface area contributed by atoms with Gasteiger partial charge in [0.2, 0.25) is 15.8 Å². The Labute approximate surface area is 189 Å². The minimum atomic E-state index is -3.85. The molecule has 1 saturated heterocycles. The molecular formula is C20H25F2N7O3S. The lowest BCUT2D eigenvalue weighted by atomic mass is 10.1. The summed E-state index contributed by atoms with van der Waals surface area (Å²) >= 11 is 0. The molecule has 0 radical (unpaired) electrons. The molecule has 33 heavy (non-hydrogen) atoms. The molecule has 10 nitrogen and oxygen atoms in total. The van der Waals surface area contributed by atoms with Crippen LogP contribution in [0.25, 0.3) is 17.2 Å². The maximum absolute atomic E-state index is 13.2. The van der Waals surface area contributed by atoms with E-state index in [2.05, 4.69) is 44.0 Å². The molecule has 0 spiro atoms. The van der Waals surface area contributed by atoms with Crippen LogP contribution in [-0.2, 0) is 10.0 Å². The van der Waals surface area contributed by atoms with E-state index in [1.807, 2.05) is 6.92 Å². The Balaban J connectivity index is 1.67. The highest BCUT2D eigenvalue weighted by Crippen LogP contribution is 2.37. The molecule has 4 heterocycles. The van der Waals surface area contributed by atoms with Gasteiger partial charge in [0, 0.05) is 36.9 Å². The van der Waals surface area contributed by atoms with Crippen LogP contribution in [0.3, 0.4) is 0 Å². The number of fused-ring (bicyclic) bond motifs is 1. The fourth-order valence-electron chi connectivity index (χ4n) is 4.22. The lowest BCUT2D eigenvalue weighted by molar-refractivity contribution is 0.116. The third kappa shape index (κ3) is 4.20. The summed E-state index contributed by atoms with van der Waals surface area (Å²) in [6.07, 6.45) is 1.58. The molecule has 1 saturated carbocycles. The minimum Gasteiger partial charge on any atom is -0.412 e. The standard InChI is InChI=1S/C20H25F2N7O3S/c1-11-8-28(9-12(2)24-11)14-6-13(33(30,31)27-20(3)4-5-20)10-29-15(14)7-23-17(29)19-26-25-18(32-19)16(21)22/h6-7,10-12,16,24,27H,4-5,8-9H2,1-3H3/t11-,12-/m0/s1. The first-order chi connectivity index (χ1) is 15.5. The molecule has 0 unspecified atom stereocenters. The Morgan fingerprint density at radius 1 is 1.24 bits per heavy atom. The normalized spacial score (nSPS) is 22.9. The van der Waals surface area contributed by atoms with Crippen molar-refractivity contribution in [3.63, 3.8) is 0 Å². The number of halogens is 2. The average Bonchev–Trinajstić information content (AvgIpc) is 3.14. The molecule has 2 aliphatic rings. The van der Waals surface area contributed by atoms with Crippen molar-refractivity contribution in [1.29, 1.82) is 0 Å². The fourth-order valence-corrected chi connectivity index (χ4v) is 5.70. The van der Waals surface area contributed by atoms with Crippen LogP contribution in [0.1, 0.15) is 45.9 Å². The second-order valence-corrected chi connectivity index (χ2v) is 10.9. The van der Waals surface area contributed by atoms with E-state index >= 15 is 0 Å². The van der Waals surface area contributed by atoms with Crippen molar-refractivity contribution >= 4 is 21.2 Å². The molecule has 3 aromatic heterocycles. The van der Waals surface area contributed by atoms with Crippen LogP contribution < -0.4 is 14.9 Å². The van der Waals surface area contributed by atoms with Gasteiger partial charge < -0.3 is 14.6 Å². The van der Waals surface area contributed by atoms with Gasteiger partial charge in [0.25, 0.3) is 11.8 Å². The zero-order chi connectivity index (χ0) is 23.5. The quantitative estimate of drug-likeness (QED) is 0.551. The van der Waals surface area contributed by atoms with Crippen LogP contribution in [-0.4, -0.2) is 58.7 Å². The molecule has 0 amide bonds. The van der Waals surface area contributed by atoms with Gasteiger partial charge in [-0.25, -0.2) is 18.1 Å². The first-order valence-electron chi connectivity index (χ1n) is 10.7. The van der Waals surface area contributed by atoms with Gasteiger partial charge in [-0.2, -0.15) is 8.78 Å². The van der Waals surface area contributed by atoms with Crippen LogP contribution in [0.5, 0.6) is 0 Å². The van der Waals surface area contributed by atoms with Gasteiger partial charge in [0.1, 0.15) is 4.90 Å². The Morgan fingerprint density at radius 2 is 1.94 bits per heavy atom. The lowest BCUT2D eigenvalue weighted by Crippen LogP contribution is -2.54. The van der Waals surface area contributed by atoms with Crippen molar-refractivity contribution in [3.8, 4) is 11.7 Å². The molecular weight excluding hydrogens is 456 g/mol. The second-order valence-electron chi connectivity index (χ2n) is 9.18. The number of hydrogen-bond donors (Lipinski definition) is 2. The number of anilines is 1. The number of hydrogen-bond acceptors (Lipinski definition) is 8. The molecule has 0 aromatic carbocycles. The number of rotatable bonds is 6. The maximum Gasteiger partial charge on any atom is 0.314 e. The number of aromatic nitrogens is 4. The molecule has 3 aromatic rings. The summed E-state index contributed by atoms with van der Waals surface area (Å²) in [6.45, 7) is 7.29. The van der Waals surface area contributed by atoms with Crippen molar-refractivity contribution in [3.05, 3.63) is 24.4 Å². The van der Waals surface area contributed by atoms with E-state index in [9.17, 15) is 17.2 Å². The van der Waals surface area contributed by atoms with E-state index in [0.717, 1.165) is 12.8 Å². The van der Waals surface area contributed by atoms with Crippen LogP contribution in [0.15, 0.2) is 27.8 Å². The van der Waals surface area contributed by atoms with Gasteiger partial charge in [0.15, 0.2) is 0 Å². The topological polar surface area (TPSA) is 118 Å². The number of nitrogens with one attached hydrogen (secondary N) is 2. The number of sulfonamides is 1. The zero-order valence-electron chi connectivity index (χ0n) is 18.4. The van der Waals surface area contributed by atoms with Gasteiger partial charge in [0.05, 0.1) is 17.4 Å². The van der Waals surface area contributed by atoms with E-state index < -0.39 is 27.9 Å². The zero-order valence-corrected chi connectivity index (χ0v) is 19.2. The number of imidazole rings is 1. The summed E-state index contributed by atoms with van der Waals surface area (Å²) in [5.74, 6) is -0.939. The first kappa shape index (κ1) is 22.2. The SMILES string of the molecule is C[C@H]1CN(c2cc(S(=O)(=O)NC3(C)CC3)cn3c(-c4nnc(C(F)F)o4)ncc23)C[C@H](C)N1. The van der Waals surface area contributed by atoms with Gasteiger partial charge >= 0.3 is 6.43 Å². The van der Waals surface area contributed by atoms with Crippen LogP contribution >= 0.6 is 0 Å². The molecule has 13 heteroatoms. The smallest absolute Gasteiger partial charge is 0.314 e. The van der Waals surface area contributed by atoms with Gasteiger partial charge in [-0.3, -0.25) is 4.40 Å². The molecule has 5 rings (SSSR count). The van der Waals surface area contributed by atoms with Crippen molar-refractivity contribution in [2.45, 2.75) is 62.6 Å². The van der Waals surface area contributed by atoms with Crippen molar-refractivity contribution in [2.75, 3.05) is 18.0 Å². The summed E-state index contributed by atoms with van der Waals surface area (Å²) < 4.78 is 61.8. The fraction of sp³-hybridized carbons (Fsp3) is 0.550. The minimum absolute atomic E-state index is 0.0461. The highest BCUT2D eigenvalue weighted by Gasteiger charge is 2.41. The predicted molar refractivity (Wildman–Crippen MR) is 116 cm³/mol. The Bertz CT molecular complexity index is 1290.